The van der Waals surface area contributed by atoms with Gasteiger partial charge in [0.05, 0.1) is 24.7 Å². The molecule has 4 rings (SSSR count). The molecular formula is C20H21N3O4S2. The van der Waals surface area contributed by atoms with E-state index in [2.05, 4.69) is 15.6 Å². The average Bonchev–Trinajstić information content (AvgIpc) is 3.19. The van der Waals surface area contributed by atoms with E-state index in [1.165, 1.54) is 11.8 Å². The number of hydrogen-bond acceptors (Lipinski definition) is 7. The van der Waals surface area contributed by atoms with E-state index in [-0.39, 0.29) is 28.7 Å². The first-order chi connectivity index (χ1) is 13.9. The topological polar surface area (TPSA) is 96.9 Å². The summed E-state index contributed by atoms with van der Waals surface area (Å²) in [5.74, 6) is 0.902. The lowest BCUT2D eigenvalue weighted by Crippen LogP contribution is -2.22. The van der Waals surface area contributed by atoms with Gasteiger partial charge in [-0.15, -0.1) is 0 Å². The molecule has 2 aromatic rings. The molecule has 2 aliphatic heterocycles. The third-order valence-electron chi connectivity index (χ3n) is 4.80. The molecule has 0 spiro atoms. The number of aliphatic imine (C=N–C) groups is 1. The number of ether oxygens (including phenoxy) is 1. The second kappa shape index (κ2) is 8.08. The highest BCUT2D eigenvalue weighted by Gasteiger charge is 2.42. The Morgan fingerprint density at radius 2 is 2.00 bits per heavy atom. The molecule has 7 nitrogen and oxygen atoms in total. The maximum atomic E-state index is 12.4. The Morgan fingerprint density at radius 3 is 2.72 bits per heavy atom. The summed E-state index contributed by atoms with van der Waals surface area (Å²) < 4.78 is 28.5. The van der Waals surface area contributed by atoms with Gasteiger partial charge in [0.15, 0.2) is 15.0 Å². The van der Waals surface area contributed by atoms with Gasteiger partial charge in [-0.25, -0.2) is 8.42 Å². The summed E-state index contributed by atoms with van der Waals surface area (Å²) in [6.07, 6.45) is 0. The number of hydrogen-bond donors (Lipinski definition) is 2. The van der Waals surface area contributed by atoms with Crippen molar-refractivity contribution in [1.29, 1.82) is 0 Å². The minimum Gasteiger partial charge on any atom is -0.497 e. The molecule has 0 aromatic heterocycles. The van der Waals surface area contributed by atoms with Gasteiger partial charge >= 0.3 is 0 Å². The van der Waals surface area contributed by atoms with Crippen LogP contribution in [0.5, 0.6) is 5.75 Å². The number of amidine groups is 1. The number of rotatable bonds is 5. The molecular weight excluding hydrogens is 410 g/mol. The van der Waals surface area contributed by atoms with E-state index >= 15 is 0 Å². The van der Waals surface area contributed by atoms with Crippen molar-refractivity contribution >= 4 is 38.4 Å². The molecule has 2 heterocycles. The molecule has 1 amide bonds. The predicted octanol–water partition coefficient (Wildman–Crippen LogP) is 2.31. The van der Waals surface area contributed by atoms with Gasteiger partial charge in [-0.1, -0.05) is 23.9 Å². The van der Waals surface area contributed by atoms with E-state index in [1.807, 2.05) is 36.4 Å². The van der Waals surface area contributed by atoms with Crippen molar-refractivity contribution in [3.63, 3.8) is 0 Å². The molecule has 0 bridgehead atoms. The number of carbonyl (C=O) groups excluding carboxylic acids is 1. The van der Waals surface area contributed by atoms with Crippen LogP contribution in [-0.2, 0) is 16.4 Å². The molecule has 0 unspecified atom stereocenters. The van der Waals surface area contributed by atoms with Crippen LogP contribution >= 0.6 is 11.8 Å². The summed E-state index contributed by atoms with van der Waals surface area (Å²) in [5, 5.41) is 6.83. The van der Waals surface area contributed by atoms with Crippen LogP contribution in [0.1, 0.15) is 15.9 Å². The van der Waals surface area contributed by atoms with Gasteiger partial charge in [0, 0.05) is 23.0 Å². The van der Waals surface area contributed by atoms with Crippen LogP contribution in [0.2, 0.25) is 0 Å². The summed E-state index contributed by atoms with van der Waals surface area (Å²) >= 11 is 1.47. The van der Waals surface area contributed by atoms with Gasteiger partial charge in [-0.2, -0.15) is 0 Å². The molecule has 2 aromatic carbocycles. The lowest BCUT2D eigenvalue weighted by molar-refractivity contribution is 0.0951. The standard InChI is InChI=1S/C20H21N3O4S2/c1-27-16-4-2-3-13(9-16)10-21-19(24)14-5-7-15(8-6-14)22-20-23-17-11-29(25,26)12-18(17)28-20/h2-9,17-18H,10-12H2,1H3,(H,21,24)(H,22,23)/t17-,18-/m1/s1. The van der Waals surface area contributed by atoms with Crippen molar-refractivity contribution in [2.24, 2.45) is 4.99 Å². The van der Waals surface area contributed by atoms with E-state index in [1.54, 1.807) is 19.2 Å². The van der Waals surface area contributed by atoms with Crippen LogP contribution in [0.25, 0.3) is 0 Å². The zero-order chi connectivity index (χ0) is 20.4. The summed E-state index contributed by atoms with van der Waals surface area (Å²) in [4.78, 5) is 16.8. The van der Waals surface area contributed by atoms with E-state index in [4.69, 9.17) is 4.74 Å². The molecule has 0 saturated carbocycles. The Balaban J connectivity index is 1.32. The maximum Gasteiger partial charge on any atom is 0.251 e. The Kier molecular flexibility index (Phi) is 5.51. The van der Waals surface area contributed by atoms with E-state index < -0.39 is 9.84 Å². The van der Waals surface area contributed by atoms with E-state index in [0.29, 0.717) is 12.1 Å². The van der Waals surface area contributed by atoms with E-state index in [9.17, 15) is 13.2 Å². The second-order valence-electron chi connectivity index (χ2n) is 6.97. The van der Waals surface area contributed by atoms with Crippen molar-refractivity contribution in [3.8, 4) is 5.75 Å². The van der Waals surface area contributed by atoms with Gasteiger partial charge in [0.25, 0.3) is 5.91 Å². The van der Waals surface area contributed by atoms with Gasteiger partial charge in [-0.05, 0) is 42.0 Å². The van der Waals surface area contributed by atoms with Crippen molar-refractivity contribution in [2.75, 3.05) is 23.9 Å². The number of anilines is 1. The summed E-state index contributed by atoms with van der Waals surface area (Å²) in [7, 11) is -1.35. The van der Waals surface area contributed by atoms with Crippen molar-refractivity contribution in [1.82, 2.24) is 5.32 Å². The molecule has 9 heteroatoms. The van der Waals surface area contributed by atoms with Crippen molar-refractivity contribution < 1.29 is 17.9 Å². The SMILES string of the molecule is COc1cccc(CNC(=O)c2ccc(NC3=N[C@@H]4CS(=O)(=O)C[C@H]4S3)cc2)c1. The average molecular weight is 432 g/mol. The smallest absolute Gasteiger partial charge is 0.251 e. The molecule has 29 heavy (non-hydrogen) atoms. The highest BCUT2D eigenvalue weighted by Crippen LogP contribution is 2.34. The molecule has 1 fully saturated rings. The number of carbonyl (C=O) groups is 1. The molecule has 2 aliphatic rings. The van der Waals surface area contributed by atoms with Crippen molar-refractivity contribution in [3.05, 3.63) is 59.7 Å². The summed E-state index contributed by atoms with van der Waals surface area (Å²) in [5.41, 5.74) is 2.32. The summed E-state index contributed by atoms with van der Waals surface area (Å²) in [6, 6.07) is 14.5. The number of sulfone groups is 1. The third kappa shape index (κ3) is 4.73. The minimum atomic E-state index is -2.95. The molecule has 0 radical (unpaired) electrons. The Labute approximate surface area is 173 Å². The zero-order valence-corrected chi connectivity index (χ0v) is 17.4. The Hall–Kier alpha value is -2.52. The number of nitrogens with zero attached hydrogens (tertiary/aromatic N) is 1. The van der Waals surface area contributed by atoms with Crippen LogP contribution in [0.3, 0.4) is 0 Å². The van der Waals surface area contributed by atoms with Crippen LogP contribution in [0, 0.1) is 0 Å². The number of amides is 1. The highest BCUT2D eigenvalue weighted by molar-refractivity contribution is 8.15. The largest absolute Gasteiger partial charge is 0.497 e. The number of benzene rings is 2. The maximum absolute atomic E-state index is 12.4. The number of thioether (sulfide) groups is 1. The molecule has 2 N–H and O–H groups in total. The lowest BCUT2D eigenvalue weighted by Gasteiger charge is -2.09. The Bertz CT molecular complexity index is 1050. The predicted molar refractivity (Wildman–Crippen MR) is 115 cm³/mol. The van der Waals surface area contributed by atoms with E-state index in [0.717, 1.165) is 22.2 Å². The Morgan fingerprint density at radius 1 is 1.21 bits per heavy atom. The van der Waals surface area contributed by atoms with Crippen LogP contribution in [0.15, 0.2) is 53.5 Å². The van der Waals surface area contributed by atoms with Gasteiger partial charge in [0.1, 0.15) is 5.75 Å². The number of fused-ring (bicyclic) bond motifs is 1. The fourth-order valence-electron chi connectivity index (χ4n) is 3.31. The number of methoxy groups -OCH3 is 1. The monoisotopic (exact) mass is 431 g/mol. The van der Waals surface area contributed by atoms with Crippen molar-refractivity contribution in [2.45, 2.75) is 17.8 Å². The van der Waals surface area contributed by atoms with Crippen LogP contribution in [-0.4, -0.2) is 49.4 Å². The molecule has 0 aliphatic carbocycles. The van der Waals surface area contributed by atoms with Gasteiger partial charge in [0.2, 0.25) is 0 Å². The lowest BCUT2D eigenvalue weighted by atomic mass is 10.1. The summed E-state index contributed by atoms with van der Waals surface area (Å²) in [6.45, 7) is 0.412. The molecule has 2 atom stereocenters. The van der Waals surface area contributed by atoms with Crippen LogP contribution < -0.4 is 15.4 Å². The minimum absolute atomic E-state index is 0.00385. The quantitative estimate of drug-likeness (QED) is 0.754. The van der Waals surface area contributed by atoms with Crippen LogP contribution in [0.4, 0.5) is 5.69 Å². The number of nitrogens with one attached hydrogen (secondary N) is 2. The molecule has 152 valence electrons. The van der Waals surface area contributed by atoms with Gasteiger partial charge < -0.3 is 15.4 Å². The zero-order valence-electron chi connectivity index (χ0n) is 15.8. The normalized spacial score (nSPS) is 21.9. The first kappa shape index (κ1) is 19.8. The molecule has 1 saturated heterocycles. The fraction of sp³-hybridized carbons (Fsp3) is 0.300. The first-order valence-corrected chi connectivity index (χ1v) is 11.8. The first-order valence-electron chi connectivity index (χ1n) is 9.15. The fourth-order valence-corrected chi connectivity index (χ4v) is 6.99. The van der Waals surface area contributed by atoms with Gasteiger partial charge in [-0.3, -0.25) is 9.79 Å². The second-order valence-corrected chi connectivity index (χ2v) is 10.4. The third-order valence-corrected chi connectivity index (χ3v) is 7.95. The highest BCUT2D eigenvalue weighted by atomic mass is 32.2.